The van der Waals surface area contributed by atoms with Crippen LogP contribution in [0, 0.1) is 0 Å². The highest BCUT2D eigenvalue weighted by atomic mass is 16.6. The van der Waals surface area contributed by atoms with Crippen LogP contribution in [0.15, 0.2) is 24.3 Å². The van der Waals surface area contributed by atoms with E-state index in [0.29, 0.717) is 11.5 Å². The van der Waals surface area contributed by atoms with Crippen molar-refractivity contribution in [3.05, 3.63) is 24.3 Å². The molecule has 1 fully saturated rings. The van der Waals surface area contributed by atoms with Gasteiger partial charge in [0.2, 0.25) is 6.10 Å². The van der Waals surface area contributed by atoms with Crippen LogP contribution in [0.2, 0.25) is 0 Å². The van der Waals surface area contributed by atoms with Gasteiger partial charge < -0.3 is 14.2 Å². The molecule has 4 nitrogen and oxygen atoms in total. The largest absolute Gasteiger partial charge is 0.485 e. The SMILES string of the molecule is O=C(OC1CCCCC1)C1COc2ccccc2O1. The minimum atomic E-state index is -0.642. The molecule has 0 aromatic heterocycles. The summed E-state index contributed by atoms with van der Waals surface area (Å²) in [5.74, 6) is 0.991. The first-order chi connectivity index (χ1) is 9.33. The van der Waals surface area contributed by atoms with Crippen molar-refractivity contribution in [3.63, 3.8) is 0 Å². The van der Waals surface area contributed by atoms with Gasteiger partial charge in [-0.05, 0) is 37.8 Å². The fourth-order valence-electron chi connectivity index (χ4n) is 2.56. The Morgan fingerprint density at radius 1 is 1.11 bits per heavy atom. The Kier molecular flexibility index (Phi) is 3.58. The first kappa shape index (κ1) is 12.3. The van der Waals surface area contributed by atoms with Crippen LogP contribution in [0.25, 0.3) is 0 Å². The molecule has 0 N–H and O–H groups in total. The number of hydrogen-bond donors (Lipinski definition) is 0. The van der Waals surface area contributed by atoms with Gasteiger partial charge in [0.25, 0.3) is 0 Å². The van der Waals surface area contributed by atoms with Crippen molar-refractivity contribution in [2.75, 3.05) is 6.61 Å². The van der Waals surface area contributed by atoms with Crippen molar-refractivity contribution >= 4 is 5.97 Å². The number of carbonyl (C=O) groups is 1. The topological polar surface area (TPSA) is 44.8 Å². The summed E-state index contributed by atoms with van der Waals surface area (Å²) in [5, 5.41) is 0. The van der Waals surface area contributed by atoms with Gasteiger partial charge in [-0.1, -0.05) is 18.6 Å². The van der Waals surface area contributed by atoms with Crippen molar-refractivity contribution in [2.45, 2.75) is 44.3 Å². The van der Waals surface area contributed by atoms with Gasteiger partial charge in [-0.2, -0.15) is 0 Å². The minimum absolute atomic E-state index is 0.0574. The molecular weight excluding hydrogens is 244 g/mol. The van der Waals surface area contributed by atoms with E-state index in [1.165, 1.54) is 6.42 Å². The van der Waals surface area contributed by atoms with Crippen molar-refractivity contribution < 1.29 is 19.0 Å². The molecule has 0 bridgehead atoms. The molecule has 0 radical (unpaired) electrons. The summed E-state index contributed by atoms with van der Waals surface area (Å²) in [7, 11) is 0. The van der Waals surface area contributed by atoms with Gasteiger partial charge in [0.15, 0.2) is 11.5 Å². The van der Waals surface area contributed by atoms with E-state index in [9.17, 15) is 4.79 Å². The number of benzene rings is 1. The average Bonchev–Trinajstić information content (AvgIpc) is 2.48. The molecule has 1 unspecified atom stereocenters. The number of ether oxygens (including phenoxy) is 3. The lowest BCUT2D eigenvalue weighted by atomic mass is 9.98. The second kappa shape index (κ2) is 5.51. The van der Waals surface area contributed by atoms with Crippen LogP contribution in [0.1, 0.15) is 32.1 Å². The summed E-state index contributed by atoms with van der Waals surface area (Å²) in [4.78, 5) is 12.0. The normalized spacial score (nSPS) is 22.8. The van der Waals surface area contributed by atoms with E-state index in [2.05, 4.69) is 0 Å². The number of para-hydroxylation sites is 2. The Balaban J connectivity index is 1.59. The first-order valence-electron chi connectivity index (χ1n) is 6.92. The summed E-state index contributed by atoms with van der Waals surface area (Å²) in [6.07, 6.45) is 4.88. The predicted octanol–water partition coefficient (Wildman–Crippen LogP) is 2.70. The molecule has 2 aliphatic rings. The van der Waals surface area contributed by atoms with E-state index in [4.69, 9.17) is 14.2 Å². The van der Waals surface area contributed by atoms with Gasteiger partial charge in [-0.15, -0.1) is 0 Å². The van der Waals surface area contributed by atoms with E-state index >= 15 is 0 Å². The lowest BCUT2D eigenvalue weighted by molar-refractivity contribution is -0.161. The van der Waals surface area contributed by atoms with Crippen molar-refractivity contribution in [1.29, 1.82) is 0 Å². The van der Waals surface area contributed by atoms with Crippen LogP contribution in [0.3, 0.4) is 0 Å². The molecule has 1 saturated carbocycles. The molecule has 4 heteroatoms. The van der Waals surface area contributed by atoms with Crippen LogP contribution < -0.4 is 9.47 Å². The maximum atomic E-state index is 12.0. The molecule has 1 heterocycles. The lowest BCUT2D eigenvalue weighted by Crippen LogP contribution is -2.39. The van der Waals surface area contributed by atoms with Crippen LogP contribution in [0.5, 0.6) is 11.5 Å². The molecule has 1 aromatic carbocycles. The molecule has 1 atom stereocenters. The molecule has 1 aromatic rings. The molecule has 0 saturated heterocycles. The smallest absolute Gasteiger partial charge is 0.351 e. The molecule has 3 rings (SSSR count). The van der Waals surface area contributed by atoms with Gasteiger partial charge >= 0.3 is 5.97 Å². The Hall–Kier alpha value is -1.71. The van der Waals surface area contributed by atoms with Gasteiger partial charge in [0.1, 0.15) is 12.7 Å². The van der Waals surface area contributed by atoms with Crippen molar-refractivity contribution in [2.24, 2.45) is 0 Å². The summed E-state index contributed by atoms with van der Waals surface area (Å²) in [6, 6.07) is 7.37. The maximum absolute atomic E-state index is 12.0. The molecule has 19 heavy (non-hydrogen) atoms. The fourth-order valence-corrected chi connectivity index (χ4v) is 2.56. The molecule has 1 aliphatic heterocycles. The number of fused-ring (bicyclic) bond motifs is 1. The van der Waals surface area contributed by atoms with Crippen LogP contribution >= 0.6 is 0 Å². The number of carbonyl (C=O) groups excluding carboxylic acids is 1. The average molecular weight is 262 g/mol. The standard InChI is InChI=1S/C15H18O4/c16-15(18-11-6-2-1-3-7-11)14-10-17-12-8-4-5-9-13(12)19-14/h4-5,8-9,11,14H,1-3,6-7,10H2. The van der Waals surface area contributed by atoms with Gasteiger partial charge in [-0.3, -0.25) is 0 Å². The van der Waals surface area contributed by atoms with Crippen LogP contribution in [-0.4, -0.2) is 24.8 Å². The van der Waals surface area contributed by atoms with E-state index in [-0.39, 0.29) is 18.7 Å². The second-order valence-electron chi connectivity index (χ2n) is 5.06. The third-order valence-electron chi connectivity index (χ3n) is 3.61. The van der Waals surface area contributed by atoms with Crippen molar-refractivity contribution in [3.8, 4) is 11.5 Å². The summed E-state index contributed by atoms with van der Waals surface area (Å²) in [6.45, 7) is 0.225. The van der Waals surface area contributed by atoms with E-state index in [1.807, 2.05) is 18.2 Å². The third kappa shape index (κ3) is 2.83. The maximum Gasteiger partial charge on any atom is 0.351 e. The molecule has 0 spiro atoms. The first-order valence-corrected chi connectivity index (χ1v) is 6.92. The highest BCUT2D eigenvalue weighted by Gasteiger charge is 2.30. The zero-order valence-electron chi connectivity index (χ0n) is 10.8. The highest BCUT2D eigenvalue weighted by molar-refractivity contribution is 5.76. The van der Waals surface area contributed by atoms with Gasteiger partial charge in [-0.25, -0.2) is 4.79 Å². The van der Waals surface area contributed by atoms with E-state index in [0.717, 1.165) is 25.7 Å². The zero-order chi connectivity index (χ0) is 13.1. The lowest BCUT2D eigenvalue weighted by Gasteiger charge is -2.28. The van der Waals surface area contributed by atoms with Gasteiger partial charge in [0, 0.05) is 0 Å². The zero-order valence-corrected chi connectivity index (χ0v) is 10.8. The van der Waals surface area contributed by atoms with Crippen LogP contribution in [-0.2, 0) is 9.53 Å². The summed E-state index contributed by atoms with van der Waals surface area (Å²) in [5.41, 5.74) is 0. The third-order valence-corrected chi connectivity index (χ3v) is 3.61. The Morgan fingerprint density at radius 2 is 1.84 bits per heavy atom. The molecule has 102 valence electrons. The molecule has 0 amide bonds. The molecule has 1 aliphatic carbocycles. The Bertz CT molecular complexity index is 451. The van der Waals surface area contributed by atoms with Crippen LogP contribution in [0.4, 0.5) is 0 Å². The number of hydrogen-bond acceptors (Lipinski definition) is 4. The number of rotatable bonds is 2. The predicted molar refractivity (Wildman–Crippen MR) is 69.3 cm³/mol. The second-order valence-corrected chi connectivity index (χ2v) is 5.06. The monoisotopic (exact) mass is 262 g/mol. The fraction of sp³-hybridized carbons (Fsp3) is 0.533. The van der Waals surface area contributed by atoms with E-state index < -0.39 is 6.10 Å². The summed E-state index contributed by atoms with van der Waals surface area (Å²) >= 11 is 0. The minimum Gasteiger partial charge on any atom is -0.485 e. The summed E-state index contributed by atoms with van der Waals surface area (Å²) < 4.78 is 16.7. The van der Waals surface area contributed by atoms with Crippen molar-refractivity contribution in [1.82, 2.24) is 0 Å². The highest BCUT2D eigenvalue weighted by Crippen LogP contribution is 2.31. The van der Waals surface area contributed by atoms with E-state index in [1.54, 1.807) is 6.07 Å². The number of esters is 1. The quantitative estimate of drug-likeness (QED) is 0.769. The Labute approximate surface area is 112 Å². The van der Waals surface area contributed by atoms with Gasteiger partial charge in [0.05, 0.1) is 0 Å². The Morgan fingerprint density at radius 3 is 2.63 bits per heavy atom. The molecular formula is C15H18O4.